The van der Waals surface area contributed by atoms with Crippen molar-refractivity contribution in [1.82, 2.24) is 0 Å². The van der Waals surface area contributed by atoms with E-state index >= 15 is 0 Å². The molecule has 1 atom stereocenters. The molecule has 2 nitrogen and oxygen atoms in total. The summed E-state index contributed by atoms with van der Waals surface area (Å²) in [5.41, 5.74) is 1.24. The van der Waals surface area contributed by atoms with Gasteiger partial charge >= 0.3 is 5.97 Å². The van der Waals surface area contributed by atoms with Gasteiger partial charge in [0.05, 0.1) is 13.0 Å². The van der Waals surface area contributed by atoms with Crippen LogP contribution in [0.3, 0.4) is 0 Å². The molecule has 0 aliphatic heterocycles. The van der Waals surface area contributed by atoms with E-state index in [2.05, 4.69) is 10.8 Å². The first-order valence-electron chi connectivity index (χ1n) is 4.77. The van der Waals surface area contributed by atoms with E-state index in [4.69, 9.17) is 0 Å². The van der Waals surface area contributed by atoms with E-state index in [1.807, 2.05) is 31.2 Å². The zero-order chi connectivity index (χ0) is 10.4. The van der Waals surface area contributed by atoms with Gasteiger partial charge in [-0.25, -0.2) is 0 Å². The second kappa shape index (κ2) is 9.98. The number of ether oxygens (including phenoxy) is 1. The first kappa shape index (κ1) is 18.2. The monoisotopic (exact) mass is 296 g/mol. The Kier molecular flexibility index (Phi) is 11.3. The summed E-state index contributed by atoms with van der Waals surface area (Å²) < 4.78 is 4.66. The van der Waals surface area contributed by atoms with Gasteiger partial charge in [-0.2, -0.15) is 35.9 Å². The Morgan fingerprint density at radius 1 is 1.44 bits per heavy atom. The van der Waals surface area contributed by atoms with Crippen molar-refractivity contribution in [2.75, 3.05) is 7.11 Å². The fourth-order valence-corrected chi connectivity index (χ4v) is 1.29. The smallest absolute Gasteiger partial charge is 0.308 e. The maximum Gasteiger partial charge on any atom is 0.308 e. The minimum atomic E-state index is -0.132. The van der Waals surface area contributed by atoms with Crippen LogP contribution >= 0.6 is 0 Å². The Morgan fingerprint density at radius 3 is 2.50 bits per heavy atom. The topological polar surface area (TPSA) is 26.3 Å². The zero-order valence-corrected chi connectivity index (χ0v) is 12.0. The van der Waals surface area contributed by atoms with E-state index in [9.17, 15) is 4.79 Å². The van der Waals surface area contributed by atoms with Gasteiger partial charge in [0.1, 0.15) is 0 Å². The molecule has 0 N–H and O–H groups in total. The molecule has 0 saturated carbocycles. The maximum atomic E-state index is 11.1. The third kappa shape index (κ3) is 6.39. The number of esters is 1. The molecule has 1 aromatic rings. The Morgan fingerprint density at radius 2 is 2.00 bits per heavy atom. The van der Waals surface area contributed by atoms with Crippen molar-refractivity contribution >= 4 is 5.97 Å². The average Bonchev–Trinajstić information content (AvgIpc) is 2.26. The summed E-state index contributed by atoms with van der Waals surface area (Å²) in [6, 6.07) is 10.8. The molecule has 0 spiro atoms. The molecule has 16 heavy (non-hydrogen) atoms. The van der Waals surface area contributed by atoms with Gasteiger partial charge in [-0.3, -0.25) is 4.79 Å². The number of carbonyl (C=O) groups is 1. The van der Waals surface area contributed by atoms with E-state index in [-0.39, 0.29) is 52.0 Å². The van der Waals surface area contributed by atoms with Gasteiger partial charge in [0, 0.05) is 32.7 Å². The molecule has 0 amide bonds. The Balaban J connectivity index is 0. The molecule has 0 heterocycles. The Hall–Kier alpha value is -0.206. The molecular weight excluding hydrogens is 277 g/mol. The van der Waals surface area contributed by atoms with Gasteiger partial charge in [-0.1, -0.05) is 14.4 Å². The van der Waals surface area contributed by atoms with E-state index in [0.29, 0.717) is 0 Å². The number of benzene rings is 1. The van der Waals surface area contributed by atoms with E-state index in [1.54, 1.807) is 0 Å². The standard InChI is InChI=1S/C12H15O2.CH4.Y/c1-10(12(13)14-2)8-9-11-6-4-3-5-7-11;;/h4-7,10H,8-9H2,1-2H3;1H4;/q-1;;. The Labute approximate surface area is 124 Å². The molecule has 1 unspecified atom stereocenters. The average molecular weight is 296 g/mol. The molecule has 3 heteroatoms. The molecule has 0 fully saturated rings. The fourth-order valence-electron chi connectivity index (χ4n) is 1.29. The number of hydrogen-bond acceptors (Lipinski definition) is 2. The molecule has 1 radical (unpaired) electrons. The molecule has 0 aliphatic rings. The SMILES string of the molecule is C.COC(=O)C(C)CCc1cc[c-]cc1.[Y]. The van der Waals surface area contributed by atoms with Gasteiger partial charge in [0.2, 0.25) is 0 Å². The van der Waals surface area contributed by atoms with Crippen LogP contribution in [0, 0.1) is 12.0 Å². The summed E-state index contributed by atoms with van der Waals surface area (Å²) >= 11 is 0. The van der Waals surface area contributed by atoms with Crippen molar-refractivity contribution in [2.24, 2.45) is 5.92 Å². The fraction of sp³-hybridized carbons (Fsp3) is 0.462. The number of carbonyl (C=O) groups excluding carboxylic acids is 1. The van der Waals surface area contributed by atoms with Crippen LogP contribution in [0.2, 0.25) is 0 Å². The van der Waals surface area contributed by atoms with Gasteiger partial charge in [0.15, 0.2) is 0 Å². The largest absolute Gasteiger partial charge is 0.469 e. The van der Waals surface area contributed by atoms with Gasteiger partial charge in [0.25, 0.3) is 0 Å². The normalized spacial score (nSPS) is 10.6. The van der Waals surface area contributed by atoms with Crippen molar-refractivity contribution in [3.8, 4) is 0 Å². The molecular formula is C13H19O2Y-. The number of hydrogen-bond donors (Lipinski definition) is 0. The number of aryl methyl sites for hydroxylation is 1. The number of rotatable bonds is 4. The first-order chi connectivity index (χ1) is 6.74. The second-order valence-corrected chi connectivity index (χ2v) is 3.37. The Bertz CT molecular complexity index is 285. The van der Waals surface area contributed by atoms with Crippen LogP contribution in [0.15, 0.2) is 24.3 Å². The summed E-state index contributed by atoms with van der Waals surface area (Å²) in [6.45, 7) is 1.89. The maximum absolute atomic E-state index is 11.1. The van der Waals surface area contributed by atoms with Crippen molar-refractivity contribution in [3.05, 3.63) is 35.9 Å². The van der Waals surface area contributed by atoms with Gasteiger partial charge in [-0.05, 0) is 12.8 Å². The van der Waals surface area contributed by atoms with Crippen LogP contribution in [-0.4, -0.2) is 13.1 Å². The summed E-state index contributed by atoms with van der Waals surface area (Å²) in [5.74, 6) is -0.156. The predicted molar refractivity (Wildman–Crippen MR) is 61.5 cm³/mol. The summed E-state index contributed by atoms with van der Waals surface area (Å²) in [6.07, 6.45) is 1.74. The quantitative estimate of drug-likeness (QED) is 0.631. The minimum absolute atomic E-state index is 0. The van der Waals surface area contributed by atoms with Crippen molar-refractivity contribution in [2.45, 2.75) is 27.2 Å². The second-order valence-electron chi connectivity index (χ2n) is 3.37. The first-order valence-corrected chi connectivity index (χ1v) is 4.77. The van der Waals surface area contributed by atoms with E-state index < -0.39 is 0 Å². The summed E-state index contributed by atoms with van der Waals surface area (Å²) in [4.78, 5) is 11.1. The van der Waals surface area contributed by atoms with Gasteiger partial charge in [-0.15, -0.1) is 0 Å². The van der Waals surface area contributed by atoms with Crippen molar-refractivity contribution in [3.63, 3.8) is 0 Å². The third-order valence-electron chi connectivity index (χ3n) is 2.26. The van der Waals surface area contributed by atoms with Crippen LogP contribution in [0.1, 0.15) is 26.3 Å². The predicted octanol–water partition coefficient (Wildman–Crippen LogP) is 2.86. The molecule has 1 rings (SSSR count). The van der Waals surface area contributed by atoms with Gasteiger partial charge < -0.3 is 4.74 Å². The van der Waals surface area contributed by atoms with Crippen molar-refractivity contribution < 1.29 is 42.2 Å². The summed E-state index contributed by atoms with van der Waals surface area (Å²) in [5, 5.41) is 0. The molecule has 87 valence electrons. The van der Waals surface area contributed by atoms with Crippen LogP contribution in [0.25, 0.3) is 0 Å². The minimum Gasteiger partial charge on any atom is -0.469 e. The number of methoxy groups -OCH3 is 1. The third-order valence-corrected chi connectivity index (χ3v) is 2.26. The molecule has 0 bridgehead atoms. The van der Waals surface area contributed by atoms with E-state index in [1.165, 1.54) is 12.7 Å². The zero-order valence-electron chi connectivity index (χ0n) is 9.19. The molecule has 0 aliphatic carbocycles. The van der Waals surface area contributed by atoms with Crippen molar-refractivity contribution in [1.29, 1.82) is 0 Å². The molecule has 1 aromatic carbocycles. The van der Waals surface area contributed by atoms with E-state index in [0.717, 1.165) is 12.8 Å². The van der Waals surface area contributed by atoms with Crippen LogP contribution < -0.4 is 0 Å². The summed E-state index contributed by atoms with van der Waals surface area (Å²) in [7, 11) is 1.43. The van der Waals surface area contributed by atoms with Crippen LogP contribution in [-0.2, 0) is 48.7 Å². The molecule has 0 saturated heterocycles. The molecule has 0 aromatic heterocycles. The van der Waals surface area contributed by atoms with Crippen LogP contribution in [0.5, 0.6) is 0 Å². The van der Waals surface area contributed by atoms with Crippen LogP contribution in [0.4, 0.5) is 0 Å².